The van der Waals surface area contributed by atoms with E-state index in [2.05, 4.69) is 5.32 Å². The maximum atomic E-state index is 14.7. The average Bonchev–Trinajstić information content (AvgIpc) is 2.71. The number of rotatable bonds is 7. The van der Waals surface area contributed by atoms with Crippen molar-refractivity contribution in [3.05, 3.63) is 58.4 Å². The van der Waals surface area contributed by atoms with E-state index >= 15 is 0 Å². The Morgan fingerprint density at radius 2 is 2.03 bits per heavy atom. The largest absolute Gasteiger partial charge is 0.494 e. The molecule has 1 aliphatic heterocycles. The molecule has 1 fully saturated rings. The van der Waals surface area contributed by atoms with E-state index in [-0.39, 0.29) is 22.8 Å². The zero-order valence-electron chi connectivity index (χ0n) is 17.1. The molecule has 1 aliphatic rings. The normalized spacial score (nSPS) is 18.5. The fraction of sp³-hybridized carbons (Fsp3) is 0.409. The number of nitrogens with zero attached hydrogens (tertiary/aromatic N) is 1. The van der Waals surface area contributed by atoms with Gasteiger partial charge in [0.25, 0.3) is 11.8 Å². The van der Waals surface area contributed by atoms with Gasteiger partial charge in [-0.1, -0.05) is 11.6 Å². The third-order valence-corrected chi connectivity index (χ3v) is 5.60. The van der Waals surface area contributed by atoms with Gasteiger partial charge in [-0.05, 0) is 61.7 Å². The number of anilines is 1. The van der Waals surface area contributed by atoms with E-state index < -0.39 is 24.4 Å². The third kappa shape index (κ3) is 6.04. The molecular weight excluding hydrogens is 431 g/mol. The molecule has 31 heavy (non-hydrogen) atoms. The van der Waals surface area contributed by atoms with Crippen LogP contribution in [0.2, 0.25) is 5.02 Å². The first-order valence-electron chi connectivity index (χ1n) is 10.0. The van der Waals surface area contributed by atoms with E-state index in [1.807, 2.05) is 0 Å². The number of hydrogen-bond donors (Lipinski definition) is 2. The zero-order valence-corrected chi connectivity index (χ0v) is 17.9. The number of piperidine rings is 1. The number of ether oxygens (including phenoxy) is 1. The summed E-state index contributed by atoms with van der Waals surface area (Å²) >= 11 is 5.97. The summed E-state index contributed by atoms with van der Waals surface area (Å²) in [5, 5.41) is 2.66. The predicted molar refractivity (Wildman–Crippen MR) is 114 cm³/mol. The van der Waals surface area contributed by atoms with E-state index in [0.717, 1.165) is 0 Å². The van der Waals surface area contributed by atoms with Gasteiger partial charge in [-0.2, -0.15) is 0 Å². The second-order valence-electron chi connectivity index (χ2n) is 7.70. The number of nitrogens with one attached hydrogen (secondary N) is 1. The van der Waals surface area contributed by atoms with Crippen LogP contribution in [0.1, 0.15) is 28.8 Å². The van der Waals surface area contributed by atoms with Crippen LogP contribution in [0.15, 0.2) is 36.4 Å². The number of nitrogens with two attached hydrogens (primary N) is 1. The standard InChI is InChI=1S/C22H25ClF3N3O2/c1-14-11-19(27)18(23)12-17(14)21(30)28-20-7-9-29(13-22(20,25)26)8-2-10-31-16-5-3-15(24)4-6-16/h3-6,11-12,20H,2,7-10,13,27H2,1H3,(H,28,30). The number of amides is 1. The molecule has 1 unspecified atom stereocenters. The summed E-state index contributed by atoms with van der Waals surface area (Å²) in [6.45, 7) is 2.43. The molecule has 2 aromatic rings. The molecule has 0 spiro atoms. The SMILES string of the molecule is Cc1cc(N)c(Cl)cc1C(=O)NC1CCN(CCCOc2ccc(F)cc2)CC1(F)F. The molecule has 1 heterocycles. The van der Waals surface area contributed by atoms with Crippen LogP contribution in [0.3, 0.4) is 0 Å². The minimum absolute atomic E-state index is 0.124. The smallest absolute Gasteiger partial charge is 0.280 e. The number of aryl methyl sites for hydroxylation is 1. The molecule has 168 valence electrons. The van der Waals surface area contributed by atoms with Crippen LogP contribution in [-0.4, -0.2) is 49.0 Å². The molecule has 3 N–H and O–H groups in total. The Labute approximate surface area is 184 Å². The molecule has 1 saturated heterocycles. The second kappa shape index (κ2) is 9.78. The fourth-order valence-electron chi connectivity index (χ4n) is 3.57. The van der Waals surface area contributed by atoms with Crippen molar-refractivity contribution in [3.8, 4) is 5.75 Å². The van der Waals surface area contributed by atoms with E-state index in [1.165, 1.54) is 30.3 Å². The summed E-state index contributed by atoms with van der Waals surface area (Å²) < 4.78 is 47.7. The molecule has 0 radical (unpaired) electrons. The second-order valence-corrected chi connectivity index (χ2v) is 8.10. The van der Waals surface area contributed by atoms with E-state index in [4.69, 9.17) is 22.1 Å². The maximum Gasteiger partial charge on any atom is 0.280 e. The van der Waals surface area contributed by atoms with Crippen molar-refractivity contribution in [2.45, 2.75) is 31.7 Å². The van der Waals surface area contributed by atoms with Gasteiger partial charge in [0, 0.05) is 18.7 Å². The molecule has 0 saturated carbocycles. The zero-order chi connectivity index (χ0) is 22.6. The molecule has 0 aromatic heterocycles. The van der Waals surface area contributed by atoms with Crippen LogP contribution in [0, 0.1) is 12.7 Å². The van der Waals surface area contributed by atoms with Crippen LogP contribution < -0.4 is 15.8 Å². The minimum Gasteiger partial charge on any atom is -0.494 e. The number of benzene rings is 2. The van der Waals surface area contributed by atoms with Gasteiger partial charge in [0.1, 0.15) is 11.6 Å². The molecule has 1 amide bonds. The number of halogens is 4. The van der Waals surface area contributed by atoms with Crippen LogP contribution in [0.25, 0.3) is 0 Å². The van der Waals surface area contributed by atoms with Crippen molar-refractivity contribution in [1.82, 2.24) is 10.2 Å². The maximum absolute atomic E-state index is 14.7. The summed E-state index contributed by atoms with van der Waals surface area (Å²) in [6.07, 6.45) is 0.674. The first-order chi connectivity index (χ1) is 14.7. The Hall–Kier alpha value is -2.45. The molecule has 2 aromatic carbocycles. The van der Waals surface area contributed by atoms with Crippen molar-refractivity contribution in [2.75, 3.05) is 32.0 Å². The quantitative estimate of drug-likeness (QED) is 0.483. The van der Waals surface area contributed by atoms with Gasteiger partial charge in [-0.15, -0.1) is 0 Å². The highest BCUT2D eigenvalue weighted by atomic mass is 35.5. The number of hydrogen-bond acceptors (Lipinski definition) is 4. The van der Waals surface area contributed by atoms with Crippen molar-refractivity contribution in [3.63, 3.8) is 0 Å². The fourth-order valence-corrected chi connectivity index (χ4v) is 3.74. The molecular formula is C22H25ClF3N3O2. The lowest BCUT2D eigenvalue weighted by molar-refractivity contribution is -0.0879. The van der Waals surface area contributed by atoms with Crippen molar-refractivity contribution >= 4 is 23.2 Å². The van der Waals surface area contributed by atoms with Crippen LogP contribution >= 0.6 is 11.6 Å². The number of likely N-dealkylation sites (tertiary alicyclic amines) is 1. The molecule has 3 rings (SSSR count). The lowest BCUT2D eigenvalue weighted by Crippen LogP contribution is -2.58. The van der Waals surface area contributed by atoms with Crippen molar-refractivity contribution in [1.29, 1.82) is 0 Å². The monoisotopic (exact) mass is 455 g/mol. The summed E-state index contributed by atoms with van der Waals surface area (Å²) in [5.41, 5.74) is 6.84. The number of nitrogen functional groups attached to an aromatic ring is 1. The highest BCUT2D eigenvalue weighted by Crippen LogP contribution is 2.29. The van der Waals surface area contributed by atoms with Crippen LogP contribution in [0.4, 0.5) is 18.9 Å². The van der Waals surface area contributed by atoms with Crippen LogP contribution in [0.5, 0.6) is 5.75 Å². The first kappa shape index (κ1) is 23.2. The van der Waals surface area contributed by atoms with Gasteiger partial charge in [0.2, 0.25) is 0 Å². The predicted octanol–water partition coefficient (Wildman–Crippen LogP) is 4.28. The summed E-state index contributed by atoms with van der Waals surface area (Å²) in [5.74, 6) is -3.48. The summed E-state index contributed by atoms with van der Waals surface area (Å²) in [4.78, 5) is 14.2. The number of alkyl halides is 2. The number of carbonyl (C=O) groups is 1. The van der Waals surface area contributed by atoms with Gasteiger partial charge in [-0.25, -0.2) is 13.2 Å². The lowest BCUT2D eigenvalue weighted by atomic mass is 9.99. The lowest BCUT2D eigenvalue weighted by Gasteiger charge is -2.38. The Morgan fingerprint density at radius 3 is 2.71 bits per heavy atom. The van der Waals surface area contributed by atoms with Gasteiger partial charge in [0.05, 0.1) is 29.9 Å². The highest BCUT2D eigenvalue weighted by Gasteiger charge is 2.45. The van der Waals surface area contributed by atoms with E-state index in [0.29, 0.717) is 43.1 Å². The molecule has 0 bridgehead atoms. The van der Waals surface area contributed by atoms with Gasteiger partial charge < -0.3 is 15.8 Å². The molecule has 9 heteroatoms. The van der Waals surface area contributed by atoms with Crippen molar-refractivity contribution in [2.24, 2.45) is 0 Å². The van der Waals surface area contributed by atoms with Gasteiger partial charge >= 0.3 is 0 Å². The molecule has 0 aliphatic carbocycles. The summed E-state index contributed by atoms with van der Waals surface area (Å²) in [7, 11) is 0. The Bertz CT molecular complexity index is 925. The highest BCUT2D eigenvalue weighted by molar-refractivity contribution is 6.33. The average molecular weight is 456 g/mol. The third-order valence-electron chi connectivity index (χ3n) is 5.27. The Kier molecular flexibility index (Phi) is 7.33. The molecule has 1 atom stereocenters. The van der Waals surface area contributed by atoms with E-state index in [9.17, 15) is 18.0 Å². The number of carbonyl (C=O) groups excluding carboxylic acids is 1. The van der Waals surface area contributed by atoms with Crippen molar-refractivity contribution < 1.29 is 22.7 Å². The summed E-state index contributed by atoms with van der Waals surface area (Å²) in [6, 6.07) is 7.33. The van der Waals surface area contributed by atoms with Gasteiger partial charge in [-0.3, -0.25) is 9.69 Å². The first-order valence-corrected chi connectivity index (χ1v) is 10.4. The van der Waals surface area contributed by atoms with Crippen LogP contribution in [-0.2, 0) is 0 Å². The van der Waals surface area contributed by atoms with Gasteiger partial charge in [0.15, 0.2) is 0 Å². The Morgan fingerprint density at radius 1 is 1.32 bits per heavy atom. The topological polar surface area (TPSA) is 67.6 Å². The van der Waals surface area contributed by atoms with E-state index in [1.54, 1.807) is 17.9 Å². The Balaban J connectivity index is 1.48. The molecule has 5 nitrogen and oxygen atoms in total. The minimum atomic E-state index is -3.07.